The molecule has 3 rings (SSSR count). The SMILES string of the molecule is O=C(O)C1CCC2(CCCN2C(=O)OCc2ccccc2)C(=O)N1. The molecule has 2 amide bonds. The number of carboxylic acids is 1. The average Bonchev–Trinajstić information content (AvgIpc) is 3.01. The smallest absolute Gasteiger partial charge is 0.411 e. The first kappa shape index (κ1) is 16.3. The number of carbonyl (C=O) groups excluding carboxylic acids is 2. The number of rotatable bonds is 3. The molecule has 0 aromatic heterocycles. The van der Waals surface area contributed by atoms with Crippen LogP contribution in [0.3, 0.4) is 0 Å². The van der Waals surface area contributed by atoms with E-state index in [9.17, 15) is 14.4 Å². The van der Waals surface area contributed by atoms with Crippen LogP contribution in [0.5, 0.6) is 0 Å². The Balaban J connectivity index is 1.67. The molecular weight excluding hydrogens is 312 g/mol. The summed E-state index contributed by atoms with van der Waals surface area (Å²) in [4.78, 5) is 37.5. The Labute approximate surface area is 139 Å². The predicted molar refractivity (Wildman–Crippen MR) is 84.1 cm³/mol. The van der Waals surface area contributed by atoms with Crippen LogP contribution in [0, 0.1) is 0 Å². The van der Waals surface area contributed by atoms with Crippen LogP contribution in [0.4, 0.5) is 4.79 Å². The first-order chi connectivity index (χ1) is 11.5. The third kappa shape index (κ3) is 2.93. The molecule has 0 radical (unpaired) electrons. The van der Waals surface area contributed by atoms with E-state index >= 15 is 0 Å². The van der Waals surface area contributed by atoms with Gasteiger partial charge in [0, 0.05) is 6.54 Å². The summed E-state index contributed by atoms with van der Waals surface area (Å²) >= 11 is 0. The largest absolute Gasteiger partial charge is 0.480 e. The molecule has 0 aliphatic carbocycles. The number of hydrogen-bond acceptors (Lipinski definition) is 4. The maximum Gasteiger partial charge on any atom is 0.411 e. The van der Waals surface area contributed by atoms with Crippen molar-refractivity contribution in [3.8, 4) is 0 Å². The molecule has 1 aromatic carbocycles. The van der Waals surface area contributed by atoms with Crippen LogP contribution >= 0.6 is 0 Å². The summed E-state index contributed by atoms with van der Waals surface area (Å²) in [6.45, 7) is 0.588. The van der Waals surface area contributed by atoms with E-state index in [1.165, 1.54) is 4.90 Å². The Kier molecular flexibility index (Phi) is 4.42. The van der Waals surface area contributed by atoms with E-state index < -0.39 is 29.6 Å². The lowest BCUT2D eigenvalue weighted by molar-refractivity contribution is -0.147. The molecule has 7 nitrogen and oxygen atoms in total. The summed E-state index contributed by atoms with van der Waals surface area (Å²) in [5.41, 5.74) is -0.0992. The molecule has 2 aliphatic heterocycles. The molecule has 24 heavy (non-hydrogen) atoms. The van der Waals surface area contributed by atoms with Crippen molar-refractivity contribution in [3.63, 3.8) is 0 Å². The Morgan fingerprint density at radius 2 is 2.04 bits per heavy atom. The minimum atomic E-state index is -1.05. The highest BCUT2D eigenvalue weighted by Gasteiger charge is 2.53. The summed E-state index contributed by atoms with van der Waals surface area (Å²) in [6, 6.07) is 8.44. The number of carbonyl (C=O) groups is 3. The third-order valence-corrected chi connectivity index (χ3v) is 4.79. The molecule has 2 atom stereocenters. The van der Waals surface area contributed by atoms with Crippen molar-refractivity contribution in [2.45, 2.75) is 43.9 Å². The van der Waals surface area contributed by atoms with Gasteiger partial charge in [0.1, 0.15) is 18.2 Å². The van der Waals surface area contributed by atoms with E-state index in [4.69, 9.17) is 9.84 Å². The lowest BCUT2D eigenvalue weighted by atomic mass is 9.84. The van der Waals surface area contributed by atoms with Gasteiger partial charge in [-0.25, -0.2) is 9.59 Å². The molecule has 2 saturated heterocycles. The van der Waals surface area contributed by atoms with Crippen LogP contribution < -0.4 is 5.32 Å². The highest BCUT2D eigenvalue weighted by molar-refractivity contribution is 5.94. The van der Waals surface area contributed by atoms with Gasteiger partial charge in [-0.3, -0.25) is 9.69 Å². The van der Waals surface area contributed by atoms with Crippen molar-refractivity contribution in [3.05, 3.63) is 35.9 Å². The van der Waals surface area contributed by atoms with E-state index in [0.717, 1.165) is 5.56 Å². The fourth-order valence-electron chi connectivity index (χ4n) is 3.48. The second-order valence-electron chi connectivity index (χ2n) is 6.23. The summed E-state index contributed by atoms with van der Waals surface area (Å²) in [5.74, 6) is -1.44. The van der Waals surface area contributed by atoms with Gasteiger partial charge in [0.05, 0.1) is 0 Å². The second-order valence-corrected chi connectivity index (χ2v) is 6.23. The fraction of sp³-hybridized carbons (Fsp3) is 0.471. The number of benzene rings is 1. The highest BCUT2D eigenvalue weighted by atomic mass is 16.6. The summed E-state index contributed by atoms with van der Waals surface area (Å²) < 4.78 is 5.35. The molecule has 0 bridgehead atoms. The number of amides is 2. The quantitative estimate of drug-likeness (QED) is 0.875. The van der Waals surface area contributed by atoms with Crippen LogP contribution in [0.1, 0.15) is 31.2 Å². The van der Waals surface area contributed by atoms with Crippen LogP contribution in [-0.4, -0.2) is 46.1 Å². The fourth-order valence-corrected chi connectivity index (χ4v) is 3.48. The van der Waals surface area contributed by atoms with Gasteiger partial charge in [-0.05, 0) is 31.2 Å². The standard InChI is InChI=1S/C17H20N2O5/c20-14(21)13-7-9-17(15(22)18-13)8-4-10-19(17)16(23)24-11-12-5-2-1-3-6-12/h1-3,5-6,13H,4,7-11H2,(H,18,22)(H,20,21). The summed E-state index contributed by atoms with van der Waals surface area (Å²) in [7, 11) is 0. The number of likely N-dealkylation sites (tertiary alicyclic amines) is 1. The minimum absolute atomic E-state index is 0.144. The van der Waals surface area contributed by atoms with Gasteiger partial charge in [0.25, 0.3) is 0 Å². The first-order valence-electron chi connectivity index (χ1n) is 8.05. The molecule has 2 fully saturated rings. The Morgan fingerprint density at radius 3 is 2.71 bits per heavy atom. The number of nitrogens with one attached hydrogen (secondary N) is 1. The van der Waals surface area contributed by atoms with E-state index in [2.05, 4.69) is 5.32 Å². The lowest BCUT2D eigenvalue weighted by Gasteiger charge is -2.41. The van der Waals surface area contributed by atoms with Crippen LogP contribution in [-0.2, 0) is 20.9 Å². The number of piperidine rings is 1. The maximum atomic E-state index is 12.5. The number of carboxylic acid groups (broad SMARTS) is 1. The van der Waals surface area contributed by atoms with Crippen molar-refractivity contribution in [1.82, 2.24) is 10.2 Å². The average molecular weight is 332 g/mol. The first-order valence-corrected chi connectivity index (χ1v) is 8.05. The normalized spacial score (nSPS) is 26.2. The topological polar surface area (TPSA) is 95.9 Å². The van der Waals surface area contributed by atoms with E-state index in [1.807, 2.05) is 30.3 Å². The summed E-state index contributed by atoms with van der Waals surface area (Å²) in [5, 5.41) is 11.6. The number of nitrogens with zero attached hydrogens (tertiary/aromatic N) is 1. The summed E-state index contributed by atoms with van der Waals surface area (Å²) in [6.07, 6.45) is 1.36. The van der Waals surface area contributed by atoms with Gasteiger partial charge in [-0.2, -0.15) is 0 Å². The molecule has 0 saturated carbocycles. The van der Waals surface area contributed by atoms with Crippen molar-refractivity contribution < 1.29 is 24.2 Å². The van der Waals surface area contributed by atoms with Gasteiger partial charge in [-0.1, -0.05) is 30.3 Å². The molecular formula is C17H20N2O5. The maximum absolute atomic E-state index is 12.5. The van der Waals surface area contributed by atoms with Crippen LogP contribution in [0.2, 0.25) is 0 Å². The van der Waals surface area contributed by atoms with Crippen molar-refractivity contribution in [2.24, 2.45) is 0 Å². The molecule has 1 aromatic rings. The Hall–Kier alpha value is -2.57. The van der Waals surface area contributed by atoms with Crippen molar-refractivity contribution >= 4 is 18.0 Å². The van der Waals surface area contributed by atoms with Crippen LogP contribution in [0.15, 0.2) is 30.3 Å². The molecule has 7 heteroatoms. The van der Waals surface area contributed by atoms with E-state index in [-0.39, 0.29) is 6.61 Å². The predicted octanol–water partition coefficient (Wildman–Crippen LogP) is 1.52. The lowest BCUT2D eigenvalue weighted by Crippen LogP contribution is -2.63. The highest BCUT2D eigenvalue weighted by Crippen LogP contribution is 2.37. The zero-order chi connectivity index (χ0) is 17.2. The molecule has 1 spiro atoms. The molecule has 128 valence electrons. The molecule has 2 N–H and O–H groups in total. The Bertz CT molecular complexity index is 648. The Morgan fingerprint density at radius 1 is 1.29 bits per heavy atom. The van der Waals surface area contributed by atoms with Gasteiger partial charge < -0.3 is 15.2 Å². The van der Waals surface area contributed by atoms with Gasteiger partial charge in [-0.15, -0.1) is 0 Å². The molecule has 2 aliphatic rings. The second kappa shape index (κ2) is 6.51. The number of hydrogen-bond donors (Lipinski definition) is 2. The van der Waals surface area contributed by atoms with Crippen LogP contribution in [0.25, 0.3) is 0 Å². The minimum Gasteiger partial charge on any atom is -0.480 e. The van der Waals surface area contributed by atoms with Crippen molar-refractivity contribution in [1.29, 1.82) is 0 Å². The van der Waals surface area contributed by atoms with Gasteiger partial charge in [0.2, 0.25) is 5.91 Å². The van der Waals surface area contributed by atoms with E-state index in [1.54, 1.807) is 0 Å². The van der Waals surface area contributed by atoms with Crippen molar-refractivity contribution in [2.75, 3.05) is 6.54 Å². The third-order valence-electron chi connectivity index (χ3n) is 4.79. The molecule has 2 heterocycles. The number of aliphatic carboxylic acids is 1. The van der Waals surface area contributed by atoms with Gasteiger partial charge >= 0.3 is 12.1 Å². The van der Waals surface area contributed by atoms with Gasteiger partial charge in [0.15, 0.2) is 0 Å². The monoisotopic (exact) mass is 332 g/mol. The molecule has 2 unspecified atom stereocenters. The zero-order valence-electron chi connectivity index (χ0n) is 13.2. The zero-order valence-corrected chi connectivity index (χ0v) is 13.2. The van der Waals surface area contributed by atoms with E-state index in [0.29, 0.717) is 32.2 Å². The number of ether oxygens (including phenoxy) is 1.